The Morgan fingerprint density at radius 1 is 1.12 bits per heavy atom. The zero-order valence-electron chi connectivity index (χ0n) is 12.7. The summed E-state index contributed by atoms with van der Waals surface area (Å²) in [4.78, 5) is 33.5. The molecule has 2 N–H and O–H groups in total. The number of nitrogens with one attached hydrogen (secondary N) is 2. The number of hydrogen-bond acceptors (Lipinski definition) is 5. The number of aryl methyl sites for hydroxylation is 1. The minimum Gasteiger partial charge on any atom is -0.318 e. The molecule has 0 heterocycles. The number of nitro benzene ring substituents is 1. The first-order chi connectivity index (χ1) is 11.5. The molecule has 0 aromatic heterocycles. The predicted octanol–water partition coefficient (Wildman–Crippen LogP) is 1.99. The second-order valence-corrected chi connectivity index (χ2v) is 4.87. The van der Waals surface area contributed by atoms with Gasteiger partial charge >= 0.3 is 11.8 Å². The number of nitro groups is 1. The largest absolute Gasteiger partial charge is 0.329 e. The summed E-state index contributed by atoms with van der Waals surface area (Å²) in [6, 6.07) is 12.6. The Morgan fingerprint density at radius 3 is 2.50 bits per heavy atom. The average Bonchev–Trinajstić information content (AvgIpc) is 2.57. The van der Waals surface area contributed by atoms with Crippen LogP contribution in [0.3, 0.4) is 0 Å². The SMILES string of the molecule is Cc1ccc(NC(=O)C(=O)NN=Cc2cccc([N+](=O)[O-])c2)cc1. The van der Waals surface area contributed by atoms with E-state index in [9.17, 15) is 19.7 Å². The summed E-state index contributed by atoms with van der Waals surface area (Å²) in [6.45, 7) is 1.90. The molecule has 24 heavy (non-hydrogen) atoms. The molecular formula is C16H14N4O4. The Morgan fingerprint density at radius 2 is 1.83 bits per heavy atom. The molecule has 0 unspecified atom stereocenters. The standard InChI is InChI=1S/C16H14N4O4/c1-11-5-7-13(8-6-11)18-15(21)16(22)19-17-10-12-3-2-4-14(9-12)20(23)24/h2-10H,1H3,(H,18,21)(H,19,22). The summed E-state index contributed by atoms with van der Waals surface area (Å²) in [6.07, 6.45) is 1.21. The van der Waals surface area contributed by atoms with Crippen molar-refractivity contribution in [3.05, 3.63) is 69.8 Å². The van der Waals surface area contributed by atoms with Crippen LogP contribution in [0.4, 0.5) is 11.4 Å². The van der Waals surface area contributed by atoms with Crippen LogP contribution in [0.25, 0.3) is 0 Å². The Balaban J connectivity index is 1.92. The molecule has 0 saturated heterocycles. The fourth-order valence-electron chi connectivity index (χ4n) is 1.76. The highest BCUT2D eigenvalue weighted by Crippen LogP contribution is 2.11. The summed E-state index contributed by atoms with van der Waals surface area (Å²) >= 11 is 0. The molecule has 2 aromatic carbocycles. The van der Waals surface area contributed by atoms with Crippen molar-refractivity contribution in [2.75, 3.05) is 5.32 Å². The predicted molar refractivity (Wildman–Crippen MR) is 88.6 cm³/mol. The third kappa shape index (κ3) is 4.73. The van der Waals surface area contributed by atoms with E-state index in [-0.39, 0.29) is 5.69 Å². The number of benzene rings is 2. The Hall–Kier alpha value is -3.55. The number of amides is 2. The van der Waals surface area contributed by atoms with Crippen molar-refractivity contribution < 1.29 is 14.5 Å². The molecular weight excluding hydrogens is 312 g/mol. The lowest BCUT2D eigenvalue weighted by Gasteiger charge is -2.04. The van der Waals surface area contributed by atoms with Crippen molar-refractivity contribution in [2.45, 2.75) is 6.92 Å². The molecule has 0 aliphatic rings. The van der Waals surface area contributed by atoms with Gasteiger partial charge in [-0.3, -0.25) is 19.7 Å². The van der Waals surface area contributed by atoms with Gasteiger partial charge in [-0.05, 0) is 19.1 Å². The summed E-state index contributed by atoms with van der Waals surface area (Å²) in [5.41, 5.74) is 3.90. The van der Waals surface area contributed by atoms with Crippen molar-refractivity contribution in [1.82, 2.24) is 5.43 Å². The minimum absolute atomic E-state index is 0.0950. The number of carbonyl (C=O) groups is 2. The molecule has 0 saturated carbocycles. The Kier molecular flexibility index (Phi) is 5.35. The van der Waals surface area contributed by atoms with E-state index in [1.165, 1.54) is 24.4 Å². The van der Waals surface area contributed by atoms with Gasteiger partial charge in [-0.15, -0.1) is 0 Å². The number of anilines is 1. The molecule has 2 aromatic rings. The number of non-ortho nitro benzene ring substituents is 1. The first-order valence-corrected chi connectivity index (χ1v) is 6.91. The van der Waals surface area contributed by atoms with Crippen LogP contribution >= 0.6 is 0 Å². The van der Waals surface area contributed by atoms with E-state index in [4.69, 9.17) is 0 Å². The van der Waals surface area contributed by atoms with Gasteiger partial charge in [-0.2, -0.15) is 5.10 Å². The molecule has 0 bridgehead atoms. The van der Waals surface area contributed by atoms with Gasteiger partial charge in [0, 0.05) is 23.4 Å². The highest BCUT2D eigenvalue weighted by atomic mass is 16.6. The average molecular weight is 326 g/mol. The highest BCUT2D eigenvalue weighted by molar-refractivity contribution is 6.39. The minimum atomic E-state index is -0.947. The number of hydrazone groups is 1. The first-order valence-electron chi connectivity index (χ1n) is 6.91. The molecule has 8 heteroatoms. The van der Waals surface area contributed by atoms with Crippen LogP contribution in [0.5, 0.6) is 0 Å². The smallest absolute Gasteiger partial charge is 0.318 e. The van der Waals surface area contributed by atoms with Gasteiger partial charge in [-0.25, -0.2) is 5.43 Å². The fraction of sp³-hybridized carbons (Fsp3) is 0.0625. The topological polar surface area (TPSA) is 114 Å². The van der Waals surface area contributed by atoms with Crippen molar-refractivity contribution in [3.63, 3.8) is 0 Å². The number of carbonyl (C=O) groups excluding carboxylic acids is 2. The van der Waals surface area contributed by atoms with E-state index >= 15 is 0 Å². The number of nitrogens with zero attached hydrogens (tertiary/aromatic N) is 2. The Labute approximate surface area is 137 Å². The van der Waals surface area contributed by atoms with Crippen molar-refractivity contribution >= 4 is 29.4 Å². The lowest BCUT2D eigenvalue weighted by Crippen LogP contribution is -2.32. The molecule has 2 amide bonds. The van der Waals surface area contributed by atoms with Gasteiger partial charge in [0.05, 0.1) is 11.1 Å². The highest BCUT2D eigenvalue weighted by Gasteiger charge is 2.12. The lowest BCUT2D eigenvalue weighted by atomic mass is 10.2. The zero-order chi connectivity index (χ0) is 17.5. The van der Waals surface area contributed by atoms with Gasteiger partial charge < -0.3 is 5.32 Å². The van der Waals surface area contributed by atoms with Crippen LogP contribution < -0.4 is 10.7 Å². The van der Waals surface area contributed by atoms with Crippen LogP contribution in [-0.2, 0) is 9.59 Å². The van der Waals surface area contributed by atoms with Crippen molar-refractivity contribution in [2.24, 2.45) is 5.10 Å². The van der Waals surface area contributed by atoms with Crippen molar-refractivity contribution in [3.8, 4) is 0 Å². The third-order valence-corrected chi connectivity index (χ3v) is 2.98. The van der Waals surface area contributed by atoms with Crippen LogP contribution in [0.1, 0.15) is 11.1 Å². The van der Waals surface area contributed by atoms with E-state index in [0.29, 0.717) is 11.3 Å². The number of rotatable bonds is 4. The van der Waals surface area contributed by atoms with E-state index in [1.54, 1.807) is 30.3 Å². The van der Waals surface area contributed by atoms with E-state index in [2.05, 4.69) is 15.8 Å². The van der Waals surface area contributed by atoms with Gasteiger partial charge in [0.2, 0.25) is 0 Å². The monoisotopic (exact) mass is 326 g/mol. The second-order valence-electron chi connectivity index (χ2n) is 4.87. The number of hydrogen-bond donors (Lipinski definition) is 2. The van der Waals surface area contributed by atoms with Crippen molar-refractivity contribution in [1.29, 1.82) is 0 Å². The van der Waals surface area contributed by atoms with Crippen LogP contribution in [-0.4, -0.2) is 23.0 Å². The molecule has 0 aliphatic carbocycles. The van der Waals surface area contributed by atoms with E-state index in [0.717, 1.165) is 5.56 Å². The summed E-state index contributed by atoms with van der Waals surface area (Å²) < 4.78 is 0. The molecule has 0 aliphatic heterocycles. The molecule has 8 nitrogen and oxygen atoms in total. The maximum Gasteiger partial charge on any atom is 0.329 e. The Bertz CT molecular complexity index is 800. The third-order valence-electron chi connectivity index (χ3n) is 2.98. The van der Waals surface area contributed by atoms with Gasteiger partial charge in [0.25, 0.3) is 5.69 Å². The second kappa shape index (κ2) is 7.63. The quantitative estimate of drug-likeness (QED) is 0.387. The molecule has 0 radical (unpaired) electrons. The van der Waals surface area contributed by atoms with E-state index in [1.807, 2.05) is 6.92 Å². The van der Waals surface area contributed by atoms with Crippen LogP contribution in [0.2, 0.25) is 0 Å². The maximum atomic E-state index is 11.7. The zero-order valence-corrected chi connectivity index (χ0v) is 12.7. The first kappa shape index (κ1) is 16.8. The fourth-order valence-corrected chi connectivity index (χ4v) is 1.76. The van der Waals surface area contributed by atoms with E-state index < -0.39 is 16.7 Å². The molecule has 0 spiro atoms. The van der Waals surface area contributed by atoms with Gasteiger partial charge in [-0.1, -0.05) is 29.8 Å². The summed E-state index contributed by atoms with van der Waals surface area (Å²) in [5.74, 6) is -1.81. The maximum absolute atomic E-state index is 11.7. The van der Waals surface area contributed by atoms with Crippen LogP contribution in [0.15, 0.2) is 53.6 Å². The van der Waals surface area contributed by atoms with Gasteiger partial charge in [0.15, 0.2) is 0 Å². The van der Waals surface area contributed by atoms with Crippen LogP contribution in [0, 0.1) is 17.0 Å². The molecule has 0 atom stereocenters. The van der Waals surface area contributed by atoms with Gasteiger partial charge in [0.1, 0.15) is 0 Å². The lowest BCUT2D eigenvalue weighted by molar-refractivity contribution is -0.384. The molecule has 2 rings (SSSR count). The normalized spacial score (nSPS) is 10.4. The summed E-state index contributed by atoms with van der Waals surface area (Å²) in [5, 5.41) is 16.7. The molecule has 122 valence electrons. The summed E-state index contributed by atoms with van der Waals surface area (Å²) in [7, 11) is 0. The molecule has 0 fully saturated rings.